The van der Waals surface area contributed by atoms with Crippen LogP contribution in [0.1, 0.15) is 17.9 Å². The van der Waals surface area contributed by atoms with E-state index in [0.717, 1.165) is 19.5 Å². The second kappa shape index (κ2) is 3.46. The van der Waals surface area contributed by atoms with Crippen molar-refractivity contribution >= 4 is 5.78 Å². The van der Waals surface area contributed by atoms with Gasteiger partial charge in [0, 0.05) is 18.4 Å². The van der Waals surface area contributed by atoms with Gasteiger partial charge in [0.15, 0.2) is 5.78 Å². The number of fused-ring (bicyclic) bond motifs is 3. The lowest BCUT2D eigenvalue weighted by atomic mass is 9.75. The zero-order valence-corrected chi connectivity index (χ0v) is 8.73. The van der Waals surface area contributed by atoms with Crippen molar-refractivity contribution in [3.63, 3.8) is 0 Å². The Hall–Kier alpha value is -1.15. The third-order valence-electron chi connectivity index (χ3n) is 3.72. The number of ketones is 1. The van der Waals surface area contributed by atoms with Crippen LogP contribution in [0.4, 0.5) is 0 Å². The summed E-state index contributed by atoms with van der Waals surface area (Å²) in [6.07, 6.45) is 1.05. The van der Waals surface area contributed by atoms with Gasteiger partial charge in [0.05, 0.1) is 6.54 Å². The van der Waals surface area contributed by atoms with E-state index in [1.54, 1.807) is 0 Å². The Morgan fingerprint density at radius 2 is 1.93 bits per heavy atom. The molecule has 3 atom stereocenters. The zero-order chi connectivity index (χ0) is 10.3. The van der Waals surface area contributed by atoms with Gasteiger partial charge in [0.1, 0.15) is 0 Å². The third kappa shape index (κ3) is 1.49. The molecule has 15 heavy (non-hydrogen) atoms. The first-order valence-corrected chi connectivity index (χ1v) is 5.64. The van der Waals surface area contributed by atoms with Crippen LogP contribution >= 0.6 is 0 Å². The molecule has 3 aliphatic rings. The number of nitrogens with zero attached hydrogens (tertiary/aromatic N) is 1. The molecule has 0 aromatic heterocycles. The van der Waals surface area contributed by atoms with Crippen molar-refractivity contribution in [3.05, 3.63) is 35.9 Å². The number of hydrogen-bond donors (Lipinski definition) is 0. The highest BCUT2D eigenvalue weighted by Crippen LogP contribution is 2.36. The van der Waals surface area contributed by atoms with Crippen LogP contribution < -0.4 is 0 Å². The molecule has 1 unspecified atom stereocenters. The maximum absolute atomic E-state index is 11.8. The second-order valence-electron chi connectivity index (χ2n) is 4.61. The van der Waals surface area contributed by atoms with Gasteiger partial charge in [-0.2, -0.15) is 0 Å². The Morgan fingerprint density at radius 3 is 2.60 bits per heavy atom. The Labute approximate surface area is 89.9 Å². The molecule has 3 heterocycles. The number of benzene rings is 1. The standard InChI is InChI=1S/C13H15NO/c15-13-9-14-7-6-11(13)12(8-14)10-4-2-1-3-5-10/h1-5,11-12H,6-9H2/t11-,12-/m0/s1. The monoisotopic (exact) mass is 201 g/mol. The summed E-state index contributed by atoms with van der Waals surface area (Å²) in [4.78, 5) is 14.1. The van der Waals surface area contributed by atoms with E-state index < -0.39 is 0 Å². The van der Waals surface area contributed by atoms with Gasteiger partial charge in [0.2, 0.25) is 0 Å². The lowest BCUT2D eigenvalue weighted by molar-refractivity contribution is -0.131. The Morgan fingerprint density at radius 1 is 1.13 bits per heavy atom. The van der Waals surface area contributed by atoms with Crippen molar-refractivity contribution < 1.29 is 4.79 Å². The molecule has 4 rings (SSSR count). The van der Waals surface area contributed by atoms with E-state index in [1.807, 2.05) is 6.07 Å². The van der Waals surface area contributed by atoms with Crippen LogP contribution in [-0.2, 0) is 4.79 Å². The largest absolute Gasteiger partial charge is 0.298 e. The molecule has 0 N–H and O–H groups in total. The maximum atomic E-state index is 11.8. The molecule has 78 valence electrons. The van der Waals surface area contributed by atoms with Crippen LogP contribution in [0.2, 0.25) is 0 Å². The minimum atomic E-state index is 0.289. The Bertz CT molecular complexity index is 373. The Kier molecular flexibility index (Phi) is 2.10. The van der Waals surface area contributed by atoms with E-state index in [2.05, 4.69) is 29.2 Å². The molecule has 2 bridgehead atoms. The summed E-state index contributed by atoms with van der Waals surface area (Å²) in [6, 6.07) is 10.5. The molecular weight excluding hydrogens is 186 g/mol. The second-order valence-corrected chi connectivity index (χ2v) is 4.61. The van der Waals surface area contributed by atoms with Gasteiger partial charge in [-0.15, -0.1) is 0 Å². The van der Waals surface area contributed by atoms with Gasteiger partial charge in [-0.25, -0.2) is 0 Å². The Balaban J connectivity index is 1.92. The first kappa shape index (κ1) is 9.10. The maximum Gasteiger partial charge on any atom is 0.150 e. The molecule has 3 saturated heterocycles. The van der Waals surface area contributed by atoms with Crippen molar-refractivity contribution in [3.8, 4) is 0 Å². The molecule has 0 aliphatic carbocycles. The quantitative estimate of drug-likeness (QED) is 0.689. The van der Waals surface area contributed by atoms with Crippen molar-refractivity contribution in [1.82, 2.24) is 4.90 Å². The van der Waals surface area contributed by atoms with E-state index in [4.69, 9.17) is 0 Å². The topological polar surface area (TPSA) is 20.3 Å². The third-order valence-corrected chi connectivity index (χ3v) is 3.72. The number of piperidine rings is 3. The molecule has 0 saturated carbocycles. The smallest absolute Gasteiger partial charge is 0.150 e. The molecular formula is C13H15NO. The van der Waals surface area contributed by atoms with E-state index in [9.17, 15) is 4.79 Å². The number of rotatable bonds is 1. The molecule has 3 fully saturated rings. The predicted molar refractivity (Wildman–Crippen MR) is 58.7 cm³/mol. The minimum absolute atomic E-state index is 0.289. The number of hydrogen-bond acceptors (Lipinski definition) is 2. The van der Waals surface area contributed by atoms with Gasteiger partial charge in [-0.05, 0) is 18.5 Å². The summed E-state index contributed by atoms with van der Waals surface area (Å²) in [5, 5.41) is 0. The molecule has 0 amide bonds. The zero-order valence-electron chi connectivity index (χ0n) is 8.73. The molecule has 0 radical (unpaired) electrons. The number of Topliss-reactive ketones (excluding diaryl/α,β-unsaturated/α-hetero) is 1. The highest BCUT2D eigenvalue weighted by atomic mass is 16.1. The van der Waals surface area contributed by atoms with Crippen LogP contribution in [-0.4, -0.2) is 30.3 Å². The van der Waals surface area contributed by atoms with Gasteiger partial charge < -0.3 is 0 Å². The van der Waals surface area contributed by atoms with Crippen LogP contribution in [0.3, 0.4) is 0 Å². The lowest BCUT2D eigenvalue weighted by Gasteiger charge is -2.43. The van der Waals surface area contributed by atoms with Gasteiger partial charge in [0.25, 0.3) is 0 Å². The van der Waals surface area contributed by atoms with Gasteiger partial charge in [-0.1, -0.05) is 30.3 Å². The highest BCUT2D eigenvalue weighted by molar-refractivity contribution is 5.85. The van der Waals surface area contributed by atoms with Crippen molar-refractivity contribution in [2.45, 2.75) is 12.3 Å². The number of carbonyl (C=O) groups is 1. The molecule has 1 aromatic rings. The van der Waals surface area contributed by atoms with E-state index in [1.165, 1.54) is 5.56 Å². The average molecular weight is 201 g/mol. The van der Waals surface area contributed by atoms with Crippen molar-refractivity contribution in [1.29, 1.82) is 0 Å². The first-order valence-electron chi connectivity index (χ1n) is 5.64. The van der Waals surface area contributed by atoms with Crippen LogP contribution in [0.15, 0.2) is 30.3 Å². The summed E-state index contributed by atoms with van der Waals surface area (Å²) in [7, 11) is 0. The fraction of sp³-hybridized carbons (Fsp3) is 0.462. The van der Waals surface area contributed by atoms with E-state index >= 15 is 0 Å². The van der Waals surface area contributed by atoms with Crippen LogP contribution in [0.5, 0.6) is 0 Å². The fourth-order valence-electron chi connectivity index (χ4n) is 2.92. The highest BCUT2D eigenvalue weighted by Gasteiger charge is 2.40. The van der Waals surface area contributed by atoms with Crippen LogP contribution in [0, 0.1) is 5.92 Å². The average Bonchev–Trinajstić information content (AvgIpc) is 2.30. The molecule has 1 aromatic carbocycles. The summed E-state index contributed by atoms with van der Waals surface area (Å²) in [6.45, 7) is 2.87. The van der Waals surface area contributed by atoms with E-state index in [0.29, 0.717) is 18.2 Å². The fourth-order valence-corrected chi connectivity index (χ4v) is 2.92. The molecule has 2 nitrogen and oxygen atoms in total. The normalized spacial score (nSPS) is 34.4. The van der Waals surface area contributed by atoms with E-state index in [-0.39, 0.29) is 5.92 Å². The van der Waals surface area contributed by atoms with Crippen molar-refractivity contribution in [2.75, 3.05) is 19.6 Å². The lowest BCUT2D eigenvalue weighted by Crippen LogP contribution is -2.52. The molecule has 3 aliphatic heterocycles. The minimum Gasteiger partial charge on any atom is -0.298 e. The van der Waals surface area contributed by atoms with Gasteiger partial charge in [-0.3, -0.25) is 9.69 Å². The van der Waals surface area contributed by atoms with Gasteiger partial charge >= 0.3 is 0 Å². The van der Waals surface area contributed by atoms with Crippen LogP contribution in [0.25, 0.3) is 0 Å². The summed E-state index contributed by atoms with van der Waals surface area (Å²) < 4.78 is 0. The summed E-state index contributed by atoms with van der Waals surface area (Å²) in [5.41, 5.74) is 1.33. The first-order chi connectivity index (χ1) is 7.34. The molecule has 2 heteroatoms. The molecule has 0 spiro atoms. The van der Waals surface area contributed by atoms with Crippen molar-refractivity contribution in [2.24, 2.45) is 5.92 Å². The summed E-state index contributed by atoms with van der Waals surface area (Å²) >= 11 is 0. The summed E-state index contributed by atoms with van der Waals surface area (Å²) in [5.74, 6) is 1.18. The predicted octanol–water partition coefficient (Wildman–Crippen LogP) is 1.67. The SMILES string of the molecule is O=C1CN2CC[C@H]1[C@H](c1ccccc1)C2. The number of carbonyl (C=O) groups excluding carboxylic acids is 1.